The number of carboxylic acids is 2. The third-order valence-electron chi connectivity index (χ3n) is 9.44. The number of nitrogens with one attached hydrogen (secondary N) is 1. The number of nitrogens with two attached hydrogens (primary N) is 1. The maximum absolute atomic E-state index is 13.4. The van der Waals surface area contributed by atoms with Gasteiger partial charge in [0, 0.05) is 34.7 Å². The lowest BCUT2D eigenvalue weighted by Crippen LogP contribution is -2.71. The Bertz CT molecular complexity index is 2230. The smallest absolute Gasteiger partial charge is 0.352 e. The first-order valence-electron chi connectivity index (χ1n) is 16.6. The topological polar surface area (TPSA) is 268 Å². The van der Waals surface area contributed by atoms with E-state index in [2.05, 4.69) is 15.5 Å². The zero-order chi connectivity index (χ0) is 40.0. The average Bonchev–Trinajstić information content (AvgIpc) is 3.55. The van der Waals surface area contributed by atoms with Crippen LogP contribution < -0.4 is 11.1 Å². The number of thiazole rings is 1. The molecule has 288 valence electrons. The molecule has 0 saturated carbocycles. The lowest BCUT2D eigenvalue weighted by Gasteiger charge is -2.49. The van der Waals surface area contributed by atoms with E-state index in [1.165, 1.54) is 37.4 Å². The first kappa shape index (κ1) is 38.7. The van der Waals surface area contributed by atoms with Crippen LogP contribution in [0.15, 0.2) is 58.2 Å². The van der Waals surface area contributed by atoms with Crippen molar-refractivity contribution in [2.24, 2.45) is 5.16 Å². The number of hydrogen-bond donors (Lipinski definition) is 6. The van der Waals surface area contributed by atoms with Crippen LogP contribution in [0.3, 0.4) is 0 Å². The van der Waals surface area contributed by atoms with Crippen molar-refractivity contribution >= 4 is 69.5 Å². The number of allylic oxidation sites excluding steroid dienone is 1. The van der Waals surface area contributed by atoms with Gasteiger partial charge in [0.2, 0.25) is 5.60 Å². The third-order valence-corrected chi connectivity index (χ3v) is 11.4. The lowest BCUT2D eigenvalue weighted by atomic mass is 9.96. The normalized spacial score (nSPS) is 21.1. The zero-order valence-corrected chi connectivity index (χ0v) is 31.2. The van der Waals surface area contributed by atoms with Crippen molar-refractivity contribution in [1.29, 1.82) is 0 Å². The van der Waals surface area contributed by atoms with Gasteiger partial charge in [-0.1, -0.05) is 17.3 Å². The number of oxime groups is 1. The number of aliphatic carboxylic acids is 2. The van der Waals surface area contributed by atoms with Crippen molar-refractivity contribution < 1.29 is 53.8 Å². The molecule has 2 aromatic carbocycles. The van der Waals surface area contributed by atoms with Crippen LogP contribution in [0.1, 0.15) is 41.8 Å². The third kappa shape index (κ3) is 7.82. The fraction of sp³-hybridized carbons (Fsp3) is 0.314. The van der Waals surface area contributed by atoms with Crippen LogP contribution in [-0.2, 0) is 43.5 Å². The van der Waals surface area contributed by atoms with E-state index in [4.69, 9.17) is 10.6 Å². The van der Waals surface area contributed by atoms with Crippen molar-refractivity contribution in [3.63, 3.8) is 0 Å². The first-order valence-corrected chi connectivity index (χ1v) is 18.6. The number of aromatic hydroxyl groups is 2. The predicted molar refractivity (Wildman–Crippen MR) is 200 cm³/mol. The van der Waals surface area contributed by atoms with Crippen LogP contribution in [0.2, 0.25) is 0 Å². The summed E-state index contributed by atoms with van der Waals surface area (Å²) in [7, 11) is 2.01. The van der Waals surface area contributed by atoms with Crippen molar-refractivity contribution in [3.8, 4) is 11.5 Å². The highest BCUT2D eigenvalue weighted by atomic mass is 32.2. The number of likely N-dealkylation sites (N-methyl/N-ethyl adjacent to an activating group) is 1. The molecule has 0 bridgehead atoms. The van der Waals surface area contributed by atoms with E-state index in [1.54, 1.807) is 24.3 Å². The summed E-state index contributed by atoms with van der Waals surface area (Å²) in [5, 5.41) is 58.6. The molecule has 18 nitrogen and oxygen atoms in total. The van der Waals surface area contributed by atoms with Crippen molar-refractivity contribution in [2.45, 2.75) is 50.4 Å². The minimum Gasteiger partial charge on any atom is -0.504 e. The van der Waals surface area contributed by atoms with Gasteiger partial charge in [-0.25, -0.2) is 14.6 Å². The van der Waals surface area contributed by atoms with Crippen molar-refractivity contribution in [1.82, 2.24) is 15.2 Å². The first-order chi connectivity index (χ1) is 25.9. The molecule has 4 heterocycles. The van der Waals surface area contributed by atoms with Crippen molar-refractivity contribution in [3.05, 3.63) is 91.1 Å². The molecule has 3 aliphatic rings. The maximum atomic E-state index is 13.4. The van der Waals surface area contributed by atoms with E-state index >= 15 is 0 Å². The Morgan fingerprint density at radius 2 is 1.89 bits per heavy atom. The summed E-state index contributed by atoms with van der Waals surface area (Å²) in [5.74, 6) is -4.76. The Morgan fingerprint density at radius 3 is 2.53 bits per heavy atom. The summed E-state index contributed by atoms with van der Waals surface area (Å²) >= 11 is 2.15. The van der Waals surface area contributed by atoms with E-state index in [-0.39, 0.29) is 50.6 Å². The summed E-state index contributed by atoms with van der Waals surface area (Å²) in [5.41, 5.74) is 5.83. The number of phenols is 2. The fourth-order valence-corrected chi connectivity index (χ4v) is 8.32. The van der Waals surface area contributed by atoms with Crippen LogP contribution in [0.4, 0.5) is 10.8 Å². The van der Waals surface area contributed by atoms with Gasteiger partial charge in [-0.15, -0.1) is 23.1 Å². The summed E-state index contributed by atoms with van der Waals surface area (Å²) in [6.45, 7) is 4.12. The fourth-order valence-electron chi connectivity index (χ4n) is 6.46. The van der Waals surface area contributed by atoms with Crippen LogP contribution in [0, 0.1) is 10.1 Å². The molecule has 55 heavy (non-hydrogen) atoms. The minimum absolute atomic E-state index is 0.0298. The second-order valence-electron chi connectivity index (χ2n) is 14.0. The number of quaternary nitrogens is 1. The molecule has 3 aromatic rings. The molecular weight excluding hydrogens is 759 g/mol. The molecule has 1 saturated heterocycles. The SMILES string of the molecule is CC(C)(O/N=C(\C(=O)N[C@@H]1C(=O)N2C(C(=O)O)=C(/C=C\c3ccc(C[N+]4(C)CCc5cc(O)c(O)cc5C4)cc3[N+](=O)[O-])CS[C@H]12)c1csc(N)n1)C(=O)O. The quantitative estimate of drug-likeness (QED) is 0.0385. The predicted octanol–water partition coefficient (Wildman–Crippen LogP) is 2.78. The van der Waals surface area contributed by atoms with E-state index in [0.29, 0.717) is 36.1 Å². The van der Waals surface area contributed by atoms with Crippen LogP contribution in [0.25, 0.3) is 6.08 Å². The number of carbonyl (C=O) groups excluding carboxylic acids is 2. The van der Waals surface area contributed by atoms with E-state index in [1.807, 2.05) is 7.05 Å². The number of carbonyl (C=O) groups is 4. The molecular formula is C35H36N7O11S2+. The number of hydrogen-bond acceptors (Lipinski definition) is 14. The van der Waals surface area contributed by atoms with E-state index in [0.717, 1.165) is 39.1 Å². The number of benzene rings is 2. The Morgan fingerprint density at radius 1 is 1.18 bits per heavy atom. The van der Waals surface area contributed by atoms with Gasteiger partial charge < -0.3 is 40.8 Å². The number of thioether (sulfide) groups is 1. The number of fused-ring (bicyclic) bond motifs is 2. The number of anilines is 1. The minimum atomic E-state index is -1.82. The van der Waals surface area contributed by atoms with Crippen LogP contribution in [0.5, 0.6) is 11.5 Å². The number of rotatable bonds is 12. The Labute approximate surface area is 320 Å². The molecule has 1 unspecified atom stereocenters. The molecule has 0 radical (unpaired) electrons. The maximum Gasteiger partial charge on any atom is 0.352 e. The molecule has 20 heteroatoms. The molecule has 0 spiro atoms. The van der Waals surface area contributed by atoms with Gasteiger partial charge >= 0.3 is 11.9 Å². The molecule has 3 atom stereocenters. The van der Waals surface area contributed by atoms with Crippen molar-refractivity contribution in [2.75, 3.05) is 25.1 Å². The Balaban J connectivity index is 1.19. The molecule has 0 aliphatic carbocycles. The molecule has 1 aromatic heterocycles. The molecule has 7 N–H and O–H groups in total. The van der Waals surface area contributed by atoms with Gasteiger partial charge in [0.25, 0.3) is 17.5 Å². The number of β-lactam (4-membered cyclic amide) rings is 1. The number of carboxylic acid groups (broad SMARTS) is 2. The van der Waals surface area contributed by atoms with Gasteiger partial charge in [-0.3, -0.25) is 24.6 Å². The largest absolute Gasteiger partial charge is 0.504 e. The van der Waals surface area contributed by atoms with Crippen LogP contribution >= 0.6 is 23.1 Å². The molecule has 2 amide bonds. The standard InChI is InChI=1S/C35H35N7O11S2/c1-35(2,33(49)50)53-39-26(22-16-55-34(36)37-22)29(45)38-27-30(46)40-28(32(47)48)20(15-54-31(27)40)7-6-18-5-4-17(10-23(18)41(51)52)13-42(3)9-8-19-11-24(43)25(44)12-21(19)14-42/h4-7,10-12,16,27,31H,8-9,13-15H2,1-3H3,(H6-,36,37,38,39,43,44,45,47,48,49,50)/p+1/b7-6-/t27-,31-,42?/m1/s1. The highest BCUT2D eigenvalue weighted by molar-refractivity contribution is 8.00. The Hall–Kier alpha value is -5.99. The highest BCUT2D eigenvalue weighted by Gasteiger charge is 2.54. The number of aromatic nitrogens is 1. The number of nitro groups is 1. The van der Waals surface area contributed by atoms with Gasteiger partial charge in [0.05, 0.1) is 24.1 Å². The average molecular weight is 795 g/mol. The number of nitro benzene ring substituents is 1. The van der Waals surface area contributed by atoms with Gasteiger partial charge in [-0.2, -0.15) is 0 Å². The van der Waals surface area contributed by atoms with Gasteiger partial charge in [-0.05, 0) is 49.3 Å². The lowest BCUT2D eigenvalue weighted by molar-refractivity contribution is -0.937. The monoisotopic (exact) mass is 794 g/mol. The molecule has 3 aliphatic heterocycles. The van der Waals surface area contributed by atoms with E-state index < -0.39 is 51.4 Å². The van der Waals surface area contributed by atoms with E-state index in [9.17, 15) is 49.7 Å². The molecule has 6 rings (SSSR count). The number of phenolic OH excluding ortho intramolecular Hbond substituents is 2. The van der Waals surface area contributed by atoms with Gasteiger partial charge in [0.15, 0.2) is 22.3 Å². The van der Waals surface area contributed by atoms with Crippen LogP contribution in [-0.4, -0.2) is 106 Å². The Kier molecular flexibility index (Phi) is 10.3. The number of nitrogens with zero attached hydrogens (tertiary/aromatic N) is 5. The summed E-state index contributed by atoms with van der Waals surface area (Å²) in [4.78, 5) is 72.6. The highest BCUT2D eigenvalue weighted by Crippen LogP contribution is 2.41. The summed E-state index contributed by atoms with van der Waals surface area (Å²) in [6, 6.07) is 6.73. The number of amides is 2. The number of nitrogen functional groups attached to an aromatic ring is 1. The summed E-state index contributed by atoms with van der Waals surface area (Å²) in [6.07, 6.45) is 3.49. The zero-order valence-electron chi connectivity index (χ0n) is 29.6. The van der Waals surface area contributed by atoms with Gasteiger partial charge in [0.1, 0.15) is 35.9 Å². The second-order valence-corrected chi connectivity index (χ2v) is 16.0. The summed E-state index contributed by atoms with van der Waals surface area (Å²) < 4.78 is 0.506. The second kappa shape index (κ2) is 14.7. The molecule has 1 fully saturated rings.